The fraction of sp³-hybridized carbons (Fsp3) is 0.276. The normalized spacial score (nSPS) is 24.5. The minimum atomic E-state index is -0.869. The van der Waals surface area contributed by atoms with Crippen molar-refractivity contribution in [2.24, 2.45) is 10.9 Å². The highest BCUT2D eigenvalue weighted by molar-refractivity contribution is 5.95. The molecule has 2 N–H and O–H groups in total. The number of para-hydroxylation sites is 1. The Morgan fingerprint density at radius 3 is 2.09 bits per heavy atom. The molecule has 2 atom stereocenters. The first kappa shape index (κ1) is 20.4. The number of aliphatic hydroxyl groups excluding tert-OH is 1. The quantitative estimate of drug-likeness (QED) is 0.433. The standard InChI is InChI=1S/C29H29N3O/c33-29(24-19-30-25-14-8-7-13-23(24)25)31-27-22-15-17-32(18-16-22)28(27)26(20-9-3-1-4-10-20)21-11-5-2-6-12-21/h1-14,19,22,26,28-30,33H,15-18H2. The lowest BCUT2D eigenvalue weighted by Crippen LogP contribution is -2.58. The van der Waals surface area contributed by atoms with E-state index in [1.54, 1.807) is 0 Å². The summed E-state index contributed by atoms with van der Waals surface area (Å²) in [5.41, 5.74) is 5.64. The van der Waals surface area contributed by atoms with E-state index in [2.05, 4.69) is 76.6 Å². The van der Waals surface area contributed by atoms with E-state index in [0.717, 1.165) is 48.1 Å². The molecule has 1 aromatic heterocycles. The monoisotopic (exact) mass is 435 g/mol. The maximum Gasteiger partial charge on any atom is 0.173 e. The van der Waals surface area contributed by atoms with Crippen LogP contribution in [0.25, 0.3) is 10.9 Å². The summed E-state index contributed by atoms with van der Waals surface area (Å²) in [5, 5.41) is 12.3. The van der Waals surface area contributed by atoms with E-state index in [1.807, 2.05) is 24.4 Å². The maximum absolute atomic E-state index is 11.3. The Hall–Kier alpha value is -3.21. The van der Waals surface area contributed by atoms with E-state index in [1.165, 1.54) is 11.1 Å². The summed E-state index contributed by atoms with van der Waals surface area (Å²) in [7, 11) is 0. The number of piperidine rings is 3. The number of benzene rings is 3. The van der Waals surface area contributed by atoms with E-state index in [0.29, 0.717) is 5.92 Å². The molecule has 166 valence electrons. The number of nitrogens with one attached hydrogen (secondary N) is 1. The maximum atomic E-state index is 11.3. The average Bonchev–Trinajstić information content (AvgIpc) is 3.32. The average molecular weight is 436 g/mol. The number of nitrogens with zero attached hydrogens (tertiary/aromatic N) is 2. The third-order valence-corrected chi connectivity index (χ3v) is 7.45. The Kier molecular flexibility index (Phi) is 5.33. The lowest BCUT2D eigenvalue weighted by atomic mass is 9.72. The molecule has 3 fully saturated rings. The fourth-order valence-corrected chi connectivity index (χ4v) is 5.86. The lowest BCUT2D eigenvalue weighted by Gasteiger charge is -2.50. The first-order valence-electron chi connectivity index (χ1n) is 11.9. The molecule has 4 nitrogen and oxygen atoms in total. The van der Waals surface area contributed by atoms with E-state index in [-0.39, 0.29) is 12.0 Å². The molecule has 0 saturated carbocycles. The van der Waals surface area contributed by atoms with Crippen molar-refractivity contribution < 1.29 is 5.11 Å². The van der Waals surface area contributed by atoms with E-state index < -0.39 is 6.23 Å². The van der Waals surface area contributed by atoms with Crippen molar-refractivity contribution in [1.29, 1.82) is 0 Å². The van der Waals surface area contributed by atoms with Gasteiger partial charge in [0.1, 0.15) is 0 Å². The number of fused-ring (bicyclic) bond motifs is 4. The van der Waals surface area contributed by atoms with Crippen LogP contribution in [0.5, 0.6) is 0 Å². The van der Waals surface area contributed by atoms with Crippen LogP contribution in [0.4, 0.5) is 0 Å². The van der Waals surface area contributed by atoms with Gasteiger partial charge in [0.15, 0.2) is 6.23 Å². The van der Waals surface area contributed by atoms with Crippen LogP contribution in [-0.2, 0) is 0 Å². The number of hydrogen-bond acceptors (Lipinski definition) is 3. The molecular weight excluding hydrogens is 406 g/mol. The van der Waals surface area contributed by atoms with Crippen LogP contribution in [0, 0.1) is 5.92 Å². The second-order valence-corrected chi connectivity index (χ2v) is 9.27. The molecule has 3 aromatic carbocycles. The Morgan fingerprint density at radius 1 is 0.818 bits per heavy atom. The van der Waals surface area contributed by atoms with Crippen LogP contribution < -0.4 is 0 Å². The molecular formula is C29H29N3O. The number of aromatic amines is 1. The molecule has 0 radical (unpaired) electrons. The van der Waals surface area contributed by atoms with Crippen molar-refractivity contribution >= 4 is 16.6 Å². The third kappa shape index (κ3) is 3.69. The highest BCUT2D eigenvalue weighted by Crippen LogP contribution is 2.41. The number of hydrogen-bond donors (Lipinski definition) is 2. The largest absolute Gasteiger partial charge is 0.368 e. The minimum Gasteiger partial charge on any atom is -0.368 e. The van der Waals surface area contributed by atoms with Crippen LogP contribution in [-0.4, -0.2) is 39.8 Å². The minimum absolute atomic E-state index is 0.155. The SMILES string of the molecule is OC(N=C1C2CCN(CC2)C1C(c1ccccc1)c1ccccc1)c1c[nH]c2ccccc12. The third-order valence-electron chi connectivity index (χ3n) is 7.45. The molecule has 3 aliphatic rings. The van der Waals surface area contributed by atoms with E-state index in [9.17, 15) is 5.11 Å². The zero-order valence-electron chi connectivity index (χ0n) is 18.6. The van der Waals surface area contributed by atoms with Gasteiger partial charge in [0, 0.05) is 40.2 Å². The van der Waals surface area contributed by atoms with Gasteiger partial charge in [-0.2, -0.15) is 0 Å². The highest BCUT2D eigenvalue weighted by Gasteiger charge is 2.44. The van der Waals surface area contributed by atoms with Gasteiger partial charge in [-0.15, -0.1) is 0 Å². The summed E-state index contributed by atoms with van der Waals surface area (Å²) in [4.78, 5) is 11.0. The number of rotatable bonds is 5. The van der Waals surface area contributed by atoms with Crippen molar-refractivity contribution in [3.05, 3.63) is 108 Å². The molecule has 4 heteroatoms. The summed E-state index contributed by atoms with van der Waals surface area (Å²) in [6, 6.07) is 29.8. The highest BCUT2D eigenvalue weighted by atomic mass is 16.3. The molecule has 3 saturated heterocycles. The van der Waals surface area contributed by atoms with Crippen LogP contribution in [0.2, 0.25) is 0 Å². The van der Waals surface area contributed by atoms with E-state index >= 15 is 0 Å². The van der Waals surface area contributed by atoms with Gasteiger partial charge >= 0.3 is 0 Å². The molecule has 4 heterocycles. The fourth-order valence-electron chi connectivity index (χ4n) is 5.86. The molecule has 33 heavy (non-hydrogen) atoms. The van der Waals surface area contributed by atoms with Gasteiger partial charge in [0.2, 0.25) is 0 Å². The van der Waals surface area contributed by atoms with Crippen LogP contribution >= 0.6 is 0 Å². The predicted molar refractivity (Wildman–Crippen MR) is 134 cm³/mol. The molecule has 0 amide bonds. The number of aromatic nitrogens is 1. The molecule has 3 aliphatic heterocycles. The Bertz CT molecular complexity index is 1220. The number of aliphatic imine (C=N–C) groups is 1. The van der Waals surface area contributed by atoms with Gasteiger partial charge < -0.3 is 10.1 Å². The van der Waals surface area contributed by atoms with Gasteiger partial charge in [-0.05, 0) is 43.1 Å². The van der Waals surface area contributed by atoms with Crippen molar-refractivity contribution in [3.8, 4) is 0 Å². The number of H-pyrrole nitrogens is 1. The molecule has 0 aliphatic carbocycles. The van der Waals surface area contributed by atoms with Gasteiger partial charge in [0.25, 0.3) is 0 Å². The summed E-state index contributed by atoms with van der Waals surface area (Å²) in [6.07, 6.45) is 3.27. The summed E-state index contributed by atoms with van der Waals surface area (Å²) >= 11 is 0. The van der Waals surface area contributed by atoms with Crippen LogP contribution in [0.1, 0.15) is 41.7 Å². The van der Waals surface area contributed by atoms with Gasteiger partial charge in [-0.25, -0.2) is 0 Å². The van der Waals surface area contributed by atoms with Crippen LogP contribution in [0.15, 0.2) is 96.1 Å². The summed E-state index contributed by atoms with van der Waals surface area (Å²) < 4.78 is 0. The van der Waals surface area contributed by atoms with E-state index in [4.69, 9.17) is 4.99 Å². The molecule has 2 unspecified atom stereocenters. The van der Waals surface area contributed by atoms with Crippen molar-refractivity contribution in [3.63, 3.8) is 0 Å². The molecule has 2 bridgehead atoms. The first-order valence-corrected chi connectivity index (χ1v) is 11.9. The van der Waals surface area contributed by atoms with Crippen LogP contribution in [0.3, 0.4) is 0 Å². The van der Waals surface area contributed by atoms with Crippen molar-refractivity contribution in [1.82, 2.24) is 9.88 Å². The van der Waals surface area contributed by atoms with Gasteiger partial charge in [-0.3, -0.25) is 9.89 Å². The Morgan fingerprint density at radius 2 is 1.42 bits per heavy atom. The Labute approximate surface area is 194 Å². The summed E-state index contributed by atoms with van der Waals surface area (Å²) in [5.74, 6) is 0.610. The number of aliphatic hydroxyl groups is 1. The Balaban J connectivity index is 1.46. The molecule has 7 rings (SSSR count). The first-order chi connectivity index (χ1) is 16.3. The van der Waals surface area contributed by atoms with Crippen molar-refractivity contribution in [2.75, 3.05) is 13.1 Å². The van der Waals surface area contributed by atoms with Gasteiger partial charge in [0.05, 0.1) is 6.04 Å². The van der Waals surface area contributed by atoms with Crippen molar-refractivity contribution in [2.45, 2.75) is 31.0 Å². The smallest absolute Gasteiger partial charge is 0.173 e. The summed E-state index contributed by atoms with van der Waals surface area (Å²) in [6.45, 7) is 2.18. The second-order valence-electron chi connectivity index (χ2n) is 9.27. The topological polar surface area (TPSA) is 51.6 Å². The van der Waals surface area contributed by atoms with Gasteiger partial charge in [-0.1, -0.05) is 78.9 Å². The predicted octanol–water partition coefficient (Wildman–Crippen LogP) is 5.53. The second kappa shape index (κ2) is 8.62. The zero-order valence-corrected chi connectivity index (χ0v) is 18.6. The molecule has 0 spiro atoms. The zero-order chi connectivity index (χ0) is 22.2. The molecule has 4 aromatic rings. The lowest BCUT2D eigenvalue weighted by molar-refractivity contribution is 0.128.